The van der Waals surface area contributed by atoms with Crippen LogP contribution in [0.1, 0.15) is 32.6 Å². The van der Waals surface area contributed by atoms with E-state index in [1.54, 1.807) is 0 Å². The van der Waals surface area contributed by atoms with Crippen molar-refractivity contribution in [3.8, 4) is 0 Å². The molecule has 4 rings (SSSR count). The van der Waals surface area contributed by atoms with Crippen molar-refractivity contribution in [2.75, 3.05) is 44.2 Å². The van der Waals surface area contributed by atoms with Gasteiger partial charge >= 0.3 is 0 Å². The highest BCUT2D eigenvalue weighted by Crippen LogP contribution is 2.61. The summed E-state index contributed by atoms with van der Waals surface area (Å²) in [4.78, 5) is 9.99. The molecule has 1 aromatic heterocycles. The largest absolute Gasteiger partial charge is 0.360 e. The number of rotatable bonds is 5. The highest BCUT2D eigenvalue weighted by atomic mass is 32.1. The van der Waals surface area contributed by atoms with Crippen LogP contribution in [0.15, 0.2) is 22.5 Å². The minimum absolute atomic E-state index is 0.597. The number of guanidine groups is 1. The van der Waals surface area contributed by atoms with Crippen molar-refractivity contribution in [1.29, 1.82) is 0 Å². The smallest absolute Gasteiger partial charge is 0.194 e. The standard InChI is InChI=1S/C18H28N4S/c1-2-19-17(20-14-18(7-8-18)15-5-6-15)22-11-9-21(10-12-22)16-4-3-13-23-16/h3-4,13,15H,2,5-12,14H2,1H3,(H,19,20). The van der Waals surface area contributed by atoms with Gasteiger partial charge < -0.3 is 15.1 Å². The molecule has 0 bridgehead atoms. The summed E-state index contributed by atoms with van der Waals surface area (Å²) in [6, 6.07) is 4.37. The average Bonchev–Trinajstić information content (AvgIpc) is 3.50. The van der Waals surface area contributed by atoms with E-state index in [2.05, 4.69) is 39.6 Å². The fourth-order valence-electron chi connectivity index (χ4n) is 3.80. The second-order valence-corrected chi connectivity index (χ2v) is 8.16. The molecule has 3 aliphatic rings. The molecule has 0 unspecified atom stereocenters. The maximum Gasteiger partial charge on any atom is 0.194 e. The van der Waals surface area contributed by atoms with E-state index in [4.69, 9.17) is 4.99 Å². The SMILES string of the molecule is CCNC(=NCC1(C2CC2)CC1)N1CCN(c2cccs2)CC1. The Morgan fingerprint density at radius 3 is 2.65 bits per heavy atom. The molecule has 2 saturated carbocycles. The molecule has 2 heterocycles. The summed E-state index contributed by atoms with van der Waals surface area (Å²) in [5.41, 5.74) is 0.597. The lowest BCUT2D eigenvalue weighted by molar-refractivity contribution is 0.368. The number of hydrogen-bond acceptors (Lipinski definition) is 3. The molecule has 0 atom stereocenters. The van der Waals surface area contributed by atoms with E-state index >= 15 is 0 Å². The van der Waals surface area contributed by atoms with Crippen molar-refractivity contribution in [2.24, 2.45) is 16.3 Å². The molecule has 0 radical (unpaired) electrons. The summed E-state index contributed by atoms with van der Waals surface area (Å²) in [5, 5.41) is 7.09. The zero-order valence-corrected chi connectivity index (χ0v) is 14.9. The van der Waals surface area contributed by atoms with E-state index in [9.17, 15) is 0 Å². The van der Waals surface area contributed by atoms with Gasteiger partial charge in [-0.3, -0.25) is 4.99 Å². The van der Waals surface area contributed by atoms with Crippen LogP contribution in [0, 0.1) is 11.3 Å². The van der Waals surface area contributed by atoms with Crippen LogP contribution in [-0.4, -0.2) is 50.1 Å². The topological polar surface area (TPSA) is 30.9 Å². The number of aliphatic imine (C=N–C) groups is 1. The Labute approximate surface area is 143 Å². The minimum atomic E-state index is 0.597. The molecule has 126 valence electrons. The Balaban J connectivity index is 1.36. The Kier molecular flexibility index (Phi) is 4.22. The fourth-order valence-corrected chi connectivity index (χ4v) is 4.58. The minimum Gasteiger partial charge on any atom is -0.360 e. The van der Waals surface area contributed by atoms with Crippen LogP contribution in [0.2, 0.25) is 0 Å². The van der Waals surface area contributed by atoms with Crippen LogP contribution in [0.3, 0.4) is 0 Å². The molecule has 0 spiro atoms. The lowest BCUT2D eigenvalue weighted by atomic mass is 10.0. The van der Waals surface area contributed by atoms with E-state index in [1.807, 2.05) is 11.3 Å². The number of thiophene rings is 1. The van der Waals surface area contributed by atoms with E-state index in [0.29, 0.717) is 5.41 Å². The number of nitrogens with one attached hydrogen (secondary N) is 1. The fraction of sp³-hybridized carbons (Fsp3) is 0.722. The first-order chi connectivity index (χ1) is 11.3. The maximum atomic E-state index is 5.04. The maximum absolute atomic E-state index is 5.04. The number of hydrogen-bond donors (Lipinski definition) is 1. The van der Waals surface area contributed by atoms with Crippen LogP contribution in [0.25, 0.3) is 0 Å². The van der Waals surface area contributed by atoms with Crippen molar-refractivity contribution in [1.82, 2.24) is 10.2 Å². The highest BCUT2D eigenvalue weighted by Gasteiger charge is 2.53. The third kappa shape index (κ3) is 3.35. The molecular weight excluding hydrogens is 304 g/mol. The Morgan fingerprint density at radius 2 is 2.09 bits per heavy atom. The summed E-state index contributed by atoms with van der Waals surface area (Å²) in [6.45, 7) is 8.51. The van der Waals surface area contributed by atoms with Gasteiger partial charge in [-0.25, -0.2) is 0 Å². The van der Waals surface area contributed by atoms with E-state index in [1.165, 1.54) is 30.7 Å². The first-order valence-electron chi connectivity index (χ1n) is 9.12. The summed E-state index contributed by atoms with van der Waals surface area (Å²) in [7, 11) is 0. The molecular formula is C18H28N4S. The molecule has 1 saturated heterocycles. The van der Waals surface area contributed by atoms with Gasteiger partial charge in [-0.1, -0.05) is 0 Å². The van der Waals surface area contributed by atoms with Gasteiger partial charge in [0.05, 0.1) is 5.00 Å². The second kappa shape index (κ2) is 6.34. The molecule has 5 heteroatoms. The predicted molar refractivity (Wildman–Crippen MR) is 98.5 cm³/mol. The van der Waals surface area contributed by atoms with Crippen molar-refractivity contribution < 1.29 is 0 Å². The van der Waals surface area contributed by atoms with Gasteiger partial charge in [-0.2, -0.15) is 0 Å². The van der Waals surface area contributed by atoms with Crippen LogP contribution >= 0.6 is 11.3 Å². The Hall–Kier alpha value is -1.23. The van der Waals surface area contributed by atoms with Gasteiger partial charge in [0.25, 0.3) is 0 Å². The normalized spacial score (nSPS) is 24.0. The van der Waals surface area contributed by atoms with Crippen molar-refractivity contribution in [3.05, 3.63) is 17.5 Å². The molecule has 23 heavy (non-hydrogen) atoms. The third-order valence-electron chi connectivity index (χ3n) is 5.61. The van der Waals surface area contributed by atoms with Crippen LogP contribution < -0.4 is 10.2 Å². The van der Waals surface area contributed by atoms with E-state index < -0.39 is 0 Å². The first-order valence-corrected chi connectivity index (χ1v) is 10.0. The lowest BCUT2D eigenvalue weighted by Gasteiger charge is -2.37. The van der Waals surface area contributed by atoms with Crippen LogP contribution in [0.5, 0.6) is 0 Å². The van der Waals surface area contributed by atoms with Crippen molar-refractivity contribution in [2.45, 2.75) is 32.6 Å². The van der Waals surface area contributed by atoms with Crippen LogP contribution in [-0.2, 0) is 0 Å². The number of piperazine rings is 1. The monoisotopic (exact) mass is 332 g/mol. The lowest BCUT2D eigenvalue weighted by Crippen LogP contribution is -2.52. The van der Waals surface area contributed by atoms with Crippen molar-refractivity contribution >= 4 is 22.3 Å². The molecule has 4 nitrogen and oxygen atoms in total. The average molecular weight is 333 g/mol. The Morgan fingerprint density at radius 1 is 1.30 bits per heavy atom. The second-order valence-electron chi connectivity index (χ2n) is 7.23. The zero-order chi connectivity index (χ0) is 15.7. The first kappa shape index (κ1) is 15.3. The third-order valence-corrected chi connectivity index (χ3v) is 6.54. The highest BCUT2D eigenvalue weighted by molar-refractivity contribution is 7.14. The van der Waals surface area contributed by atoms with E-state index in [-0.39, 0.29) is 0 Å². The molecule has 1 aromatic rings. The van der Waals surface area contributed by atoms with Crippen molar-refractivity contribution in [3.63, 3.8) is 0 Å². The molecule has 0 amide bonds. The molecule has 2 aliphatic carbocycles. The van der Waals surface area contributed by atoms with E-state index in [0.717, 1.165) is 51.1 Å². The van der Waals surface area contributed by atoms with Gasteiger partial charge in [0.15, 0.2) is 5.96 Å². The Bertz CT molecular complexity index is 537. The summed E-state index contributed by atoms with van der Waals surface area (Å²) in [6.07, 6.45) is 5.72. The van der Waals surface area contributed by atoms with Crippen LogP contribution in [0.4, 0.5) is 5.00 Å². The molecule has 0 aromatic carbocycles. The molecule has 1 N–H and O–H groups in total. The predicted octanol–water partition coefficient (Wildman–Crippen LogP) is 3.03. The van der Waals surface area contributed by atoms with Gasteiger partial charge in [0, 0.05) is 39.3 Å². The summed E-state index contributed by atoms with van der Waals surface area (Å²) < 4.78 is 0. The zero-order valence-electron chi connectivity index (χ0n) is 14.1. The van der Waals surface area contributed by atoms with Gasteiger partial charge in [-0.15, -0.1) is 11.3 Å². The molecule has 3 fully saturated rings. The summed E-state index contributed by atoms with van der Waals surface area (Å²) >= 11 is 1.84. The molecule has 1 aliphatic heterocycles. The van der Waals surface area contributed by atoms with Gasteiger partial charge in [-0.05, 0) is 61.5 Å². The van der Waals surface area contributed by atoms with Gasteiger partial charge in [0.2, 0.25) is 0 Å². The number of anilines is 1. The quantitative estimate of drug-likeness (QED) is 0.664. The number of nitrogens with zero attached hydrogens (tertiary/aromatic N) is 3. The summed E-state index contributed by atoms with van der Waals surface area (Å²) in [5.74, 6) is 2.13. The van der Waals surface area contributed by atoms with Gasteiger partial charge in [0.1, 0.15) is 0 Å².